The lowest BCUT2D eigenvalue weighted by Crippen LogP contribution is -1.98. The second kappa shape index (κ2) is 5.90. The molecule has 3 aromatic heterocycles. The second-order valence-electron chi connectivity index (χ2n) is 5.17. The first-order valence-electron chi connectivity index (χ1n) is 7.41. The standard InChI is InChI=1S/C16H15N5S2/c1-3-21-13-7-5-4-6-12(13)14-15(21)18-16(20-19-14)23-9-11-8-22-10(2)17-11/h4-8H,3,9H2,1-2H3. The normalized spacial score (nSPS) is 11.6. The molecular formula is C16H15N5S2. The Morgan fingerprint density at radius 3 is 2.83 bits per heavy atom. The van der Waals surface area contributed by atoms with Crippen LogP contribution in [0.3, 0.4) is 0 Å². The molecule has 0 radical (unpaired) electrons. The number of hydrogen-bond acceptors (Lipinski definition) is 6. The Bertz CT molecular complexity index is 989. The number of thioether (sulfide) groups is 1. The third-order valence-electron chi connectivity index (χ3n) is 3.69. The molecular weight excluding hydrogens is 326 g/mol. The molecule has 0 N–H and O–H groups in total. The van der Waals surface area contributed by atoms with Gasteiger partial charge in [0.25, 0.3) is 0 Å². The molecule has 4 aromatic rings. The van der Waals surface area contributed by atoms with Gasteiger partial charge in [0, 0.05) is 23.1 Å². The summed E-state index contributed by atoms with van der Waals surface area (Å²) in [5.41, 5.74) is 4.00. The predicted octanol–water partition coefficient (Wildman–Crippen LogP) is 4.06. The van der Waals surface area contributed by atoms with E-state index in [4.69, 9.17) is 4.98 Å². The van der Waals surface area contributed by atoms with Crippen LogP contribution in [0, 0.1) is 6.92 Å². The molecule has 0 amide bonds. The van der Waals surface area contributed by atoms with Crippen molar-refractivity contribution in [3.8, 4) is 0 Å². The van der Waals surface area contributed by atoms with E-state index in [0.29, 0.717) is 5.16 Å². The van der Waals surface area contributed by atoms with Crippen LogP contribution in [-0.2, 0) is 12.3 Å². The Labute approximate surface area is 141 Å². The van der Waals surface area contributed by atoms with Gasteiger partial charge in [0.2, 0.25) is 5.16 Å². The summed E-state index contributed by atoms with van der Waals surface area (Å²) >= 11 is 3.24. The van der Waals surface area contributed by atoms with E-state index < -0.39 is 0 Å². The molecule has 0 aliphatic heterocycles. The summed E-state index contributed by atoms with van der Waals surface area (Å²) in [6.45, 7) is 5.00. The molecule has 23 heavy (non-hydrogen) atoms. The molecule has 0 aliphatic carbocycles. The fourth-order valence-electron chi connectivity index (χ4n) is 2.68. The van der Waals surface area contributed by atoms with E-state index in [2.05, 4.69) is 44.2 Å². The van der Waals surface area contributed by atoms with Gasteiger partial charge in [0.15, 0.2) is 5.65 Å². The molecule has 1 aromatic carbocycles. The van der Waals surface area contributed by atoms with E-state index in [0.717, 1.165) is 45.1 Å². The Hall–Kier alpha value is -1.99. The molecule has 7 heteroatoms. The van der Waals surface area contributed by atoms with Gasteiger partial charge in [0.05, 0.1) is 16.2 Å². The van der Waals surface area contributed by atoms with Gasteiger partial charge < -0.3 is 4.57 Å². The van der Waals surface area contributed by atoms with Gasteiger partial charge in [-0.2, -0.15) is 0 Å². The molecule has 0 saturated heterocycles. The highest BCUT2D eigenvalue weighted by atomic mass is 32.2. The molecule has 0 bridgehead atoms. The van der Waals surface area contributed by atoms with Crippen LogP contribution in [0.4, 0.5) is 0 Å². The van der Waals surface area contributed by atoms with Gasteiger partial charge >= 0.3 is 0 Å². The smallest absolute Gasteiger partial charge is 0.211 e. The summed E-state index contributed by atoms with van der Waals surface area (Å²) in [4.78, 5) is 9.21. The van der Waals surface area contributed by atoms with Crippen molar-refractivity contribution in [2.24, 2.45) is 0 Å². The van der Waals surface area contributed by atoms with E-state index in [1.807, 2.05) is 19.1 Å². The van der Waals surface area contributed by atoms with Crippen LogP contribution >= 0.6 is 23.1 Å². The highest BCUT2D eigenvalue weighted by molar-refractivity contribution is 7.98. The van der Waals surface area contributed by atoms with Crippen molar-refractivity contribution >= 4 is 45.2 Å². The minimum absolute atomic E-state index is 0.695. The van der Waals surface area contributed by atoms with Crippen molar-refractivity contribution in [1.29, 1.82) is 0 Å². The second-order valence-corrected chi connectivity index (χ2v) is 7.18. The largest absolute Gasteiger partial charge is 0.324 e. The number of benzene rings is 1. The summed E-state index contributed by atoms with van der Waals surface area (Å²) in [7, 11) is 0. The first-order chi connectivity index (χ1) is 11.3. The first kappa shape index (κ1) is 14.6. The van der Waals surface area contributed by atoms with Gasteiger partial charge in [-0.3, -0.25) is 0 Å². The zero-order chi connectivity index (χ0) is 15.8. The van der Waals surface area contributed by atoms with Crippen molar-refractivity contribution in [3.63, 3.8) is 0 Å². The SMILES string of the molecule is CCn1c2ccccc2c2nnc(SCc3csc(C)n3)nc21. The zero-order valence-corrected chi connectivity index (χ0v) is 14.5. The third kappa shape index (κ3) is 2.60. The average molecular weight is 341 g/mol. The lowest BCUT2D eigenvalue weighted by molar-refractivity contribution is 0.789. The van der Waals surface area contributed by atoms with Gasteiger partial charge in [-0.25, -0.2) is 9.97 Å². The van der Waals surface area contributed by atoms with Crippen molar-refractivity contribution < 1.29 is 0 Å². The summed E-state index contributed by atoms with van der Waals surface area (Å²) < 4.78 is 2.19. The number of aromatic nitrogens is 5. The maximum atomic E-state index is 4.73. The Morgan fingerprint density at radius 1 is 1.17 bits per heavy atom. The molecule has 4 rings (SSSR count). The number of aryl methyl sites for hydroxylation is 2. The van der Waals surface area contributed by atoms with Crippen LogP contribution < -0.4 is 0 Å². The van der Waals surface area contributed by atoms with Crippen LogP contribution in [0.25, 0.3) is 22.1 Å². The van der Waals surface area contributed by atoms with Gasteiger partial charge in [-0.05, 0) is 19.9 Å². The van der Waals surface area contributed by atoms with E-state index in [9.17, 15) is 0 Å². The zero-order valence-electron chi connectivity index (χ0n) is 12.9. The lowest BCUT2D eigenvalue weighted by Gasteiger charge is -2.02. The molecule has 0 spiro atoms. The third-order valence-corrected chi connectivity index (χ3v) is 5.38. The van der Waals surface area contributed by atoms with Crippen LogP contribution in [-0.4, -0.2) is 24.7 Å². The van der Waals surface area contributed by atoms with Crippen LogP contribution in [0.1, 0.15) is 17.6 Å². The van der Waals surface area contributed by atoms with Gasteiger partial charge in [-0.15, -0.1) is 21.5 Å². The van der Waals surface area contributed by atoms with Crippen molar-refractivity contribution in [2.75, 3.05) is 0 Å². The number of fused-ring (bicyclic) bond motifs is 3. The molecule has 0 unspecified atom stereocenters. The first-order valence-corrected chi connectivity index (χ1v) is 9.28. The molecule has 5 nitrogen and oxygen atoms in total. The van der Waals surface area contributed by atoms with Gasteiger partial charge in [-0.1, -0.05) is 30.0 Å². The minimum Gasteiger partial charge on any atom is -0.324 e. The summed E-state index contributed by atoms with van der Waals surface area (Å²) in [5.74, 6) is 0.768. The van der Waals surface area contributed by atoms with Gasteiger partial charge in [0.1, 0.15) is 5.52 Å². The van der Waals surface area contributed by atoms with Crippen molar-refractivity contribution in [2.45, 2.75) is 31.3 Å². The van der Waals surface area contributed by atoms with E-state index in [-0.39, 0.29) is 0 Å². The molecule has 0 saturated carbocycles. The molecule has 3 heterocycles. The Morgan fingerprint density at radius 2 is 2.04 bits per heavy atom. The Balaban J connectivity index is 1.73. The van der Waals surface area contributed by atoms with E-state index in [1.165, 1.54) is 0 Å². The molecule has 0 fully saturated rings. The summed E-state index contributed by atoms with van der Waals surface area (Å²) in [6, 6.07) is 8.25. The van der Waals surface area contributed by atoms with Crippen LogP contribution in [0.5, 0.6) is 0 Å². The molecule has 116 valence electrons. The average Bonchev–Trinajstić information content (AvgIpc) is 3.13. The predicted molar refractivity (Wildman–Crippen MR) is 94.9 cm³/mol. The quantitative estimate of drug-likeness (QED) is 0.524. The number of thiazole rings is 1. The number of para-hydroxylation sites is 1. The maximum absolute atomic E-state index is 4.73. The number of rotatable bonds is 4. The highest BCUT2D eigenvalue weighted by Gasteiger charge is 2.13. The number of nitrogens with zero attached hydrogens (tertiary/aromatic N) is 5. The molecule has 0 atom stereocenters. The van der Waals surface area contributed by atoms with Crippen LogP contribution in [0.2, 0.25) is 0 Å². The van der Waals surface area contributed by atoms with E-state index in [1.54, 1.807) is 23.1 Å². The highest BCUT2D eigenvalue weighted by Crippen LogP contribution is 2.27. The van der Waals surface area contributed by atoms with Crippen LogP contribution in [0.15, 0.2) is 34.8 Å². The fraction of sp³-hybridized carbons (Fsp3) is 0.250. The maximum Gasteiger partial charge on any atom is 0.211 e. The molecule has 0 aliphatic rings. The Kier molecular flexibility index (Phi) is 3.74. The van der Waals surface area contributed by atoms with E-state index >= 15 is 0 Å². The van der Waals surface area contributed by atoms with Crippen molar-refractivity contribution in [3.05, 3.63) is 40.3 Å². The lowest BCUT2D eigenvalue weighted by atomic mass is 10.2. The van der Waals surface area contributed by atoms with Crippen molar-refractivity contribution in [1.82, 2.24) is 24.7 Å². The summed E-state index contributed by atoms with van der Waals surface area (Å²) in [6.07, 6.45) is 0. The summed E-state index contributed by atoms with van der Waals surface area (Å²) in [5, 5.41) is 13.7. The number of hydrogen-bond donors (Lipinski definition) is 0. The monoisotopic (exact) mass is 341 g/mol. The fourth-order valence-corrected chi connectivity index (χ4v) is 4.08. The topological polar surface area (TPSA) is 56.5 Å². The minimum atomic E-state index is 0.695.